The molecule has 8 heteroatoms. The second-order valence-electron chi connectivity index (χ2n) is 6.46. The number of ether oxygens (including phenoxy) is 1. The summed E-state index contributed by atoms with van der Waals surface area (Å²) in [5.74, 6) is -0.566. The second-order valence-corrected chi connectivity index (χ2v) is 6.46. The zero-order valence-electron chi connectivity index (χ0n) is 15.8. The first kappa shape index (κ1) is 23.4. The molecule has 2 rings (SSSR count). The van der Waals surface area contributed by atoms with Crippen LogP contribution in [0.4, 0.5) is 15.8 Å². The van der Waals surface area contributed by atoms with Crippen LogP contribution >= 0.6 is 12.4 Å². The Morgan fingerprint density at radius 3 is 2.36 bits per heavy atom. The van der Waals surface area contributed by atoms with Crippen LogP contribution in [0, 0.1) is 11.7 Å². The lowest BCUT2D eigenvalue weighted by molar-refractivity contribution is -0.116. The molecule has 0 fully saturated rings. The minimum absolute atomic E-state index is 0. The summed E-state index contributed by atoms with van der Waals surface area (Å²) in [5.41, 5.74) is 6.13. The Kier molecular flexibility index (Phi) is 9.41. The molecular formula is C20H25ClFN3O3. The quantitative estimate of drug-likeness (QED) is 0.617. The van der Waals surface area contributed by atoms with Gasteiger partial charge in [0.1, 0.15) is 18.2 Å². The predicted molar refractivity (Wildman–Crippen MR) is 111 cm³/mol. The molecule has 0 saturated heterocycles. The first-order valence-corrected chi connectivity index (χ1v) is 8.72. The van der Waals surface area contributed by atoms with Crippen LogP contribution in [-0.4, -0.2) is 25.0 Å². The molecular weight excluding hydrogens is 385 g/mol. The SMILES string of the molecule is CC(C)CC(=O)Nc1ccc(C(=O)Nc2ccc(OCCN)cc2)cc1F.Cl. The minimum atomic E-state index is -0.662. The van der Waals surface area contributed by atoms with E-state index in [1.165, 1.54) is 12.1 Å². The van der Waals surface area contributed by atoms with Gasteiger partial charge in [0.25, 0.3) is 5.91 Å². The maximum absolute atomic E-state index is 14.2. The molecule has 152 valence electrons. The molecule has 2 aromatic carbocycles. The predicted octanol–water partition coefficient (Wildman–Crippen LogP) is 3.82. The Balaban J connectivity index is 0.00000392. The van der Waals surface area contributed by atoms with Gasteiger partial charge in [0, 0.05) is 24.2 Å². The number of carbonyl (C=O) groups excluding carboxylic acids is 2. The summed E-state index contributed by atoms with van der Waals surface area (Å²) in [6.45, 7) is 4.63. The van der Waals surface area contributed by atoms with Crippen molar-refractivity contribution >= 4 is 35.6 Å². The molecule has 0 bridgehead atoms. The van der Waals surface area contributed by atoms with E-state index >= 15 is 0 Å². The molecule has 6 nitrogen and oxygen atoms in total. The normalized spacial score (nSPS) is 10.2. The molecule has 4 N–H and O–H groups in total. The first-order valence-electron chi connectivity index (χ1n) is 8.72. The van der Waals surface area contributed by atoms with Gasteiger partial charge >= 0.3 is 0 Å². The van der Waals surface area contributed by atoms with Crippen molar-refractivity contribution in [3.05, 3.63) is 53.8 Å². The largest absolute Gasteiger partial charge is 0.492 e. The molecule has 0 saturated carbocycles. The molecule has 0 aliphatic carbocycles. The van der Waals surface area contributed by atoms with Crippen LogP contribution in [0.25, 0.3) is 0 Å². The summed E-state index contributed by atoms with van der Waals surface area (Å²) >= 11 is 0. The topological polar surface area (TPSA) is 93.5 Å². The van der Waals surface area contributed by atoms with Gasteiger partial charge in [-0.2, -0.15) is 0 Å². The van der Waals surface area contributed by atoms with Crippen molar-refractivity contribution in [3.63, 3.8) is 0 Å². The first-order chi connectivity index (χ1) is 12.9. The molecule has 0 aliphatic rings. The van der Waals surface area contributed by atoms with Crippen LogP contribution < -0.4 is 21.1 Å². The fourth-order valence-electron chi connectivity index (χ4n) is 2.34. The summed E-state index contributed by atoms with van der Waals surface area (Å²) in [5, 5.41) is 5.19. The lowest BCUT2D eigenvalue weighted by Gasteiger charge is -2.10. The number of nitrogens with one attached hydrogen (secondary N) is 2. The Hall–Kier alpha value is -2.64. The number of nitrogens with two attached hydrogens (primary N) is 1. The second kappa shape index (κ2) is 11.3. The van der Waals surface area contributed by atoms with Crippen LogP contribution in [0.1, 0.15) is 30.6 Å². The van der Waals surface area contributed by atoms with E-state index in [0.717, 1.165) is 6.07 Å². The Morgan fingerprint density at radius 1 is 1.11 bits per heavy atom. The fraction of sp³-hybridized carbons (Fsp3) is 0.300. The maximum atomic E-state index is 14.2. The highest BCUT2D eigenvalue weighted by Gasteiger charge is 2.13. The average Bonchev–Trinajstić information content (AvgIpc) is 2.62. The number of hydrogen-bond acceptors (Lipinski definition) is 4. The van der Waals surface area contributed by atoms with Crippen molar-refractivity contribution in [1.29, 1.82) is 0 Å². The zero-order valence-corrected chi connectivity index (χ0v) is 16.6. The van der Waals surface area contributed by atoms with Gasteiger partial charge in [-0.3, -0.25) is 9.59 Å². The highest BCUT2D eigenvalue weighted by Crippen LogP contribution is 2.19. The van der Waals surface area contributed by atoms with E-state index in [4.69, 9.17) is 10.5 Å². The van der Waals surface area contributed by atoms with Gasteiger partial charge < -0.3 is 21.1 Å². The molecule has 0 unspecified atom stereocenters. The molecule has 28 heavy (non-hydrogen) atoms. The number of amides is 2. The summed E-state index contributed by atoms with van der Waals surface area (Å²) < 4.78 is 19.6. The minimum Gasteiger partial charge on any atom is -0.492 e. The molecule has 0 radical (unpaired) electrons. The number of halogens is 2. The van der Waals surface area contributed by atoms with Gasteiger partial charge in [0.05, 0.1) is 5.69 Å². The molecule has 0 spiro atoms. The zero-order chi connectivity index (χ0) is 19.8. The number of benzene rings is 2. The van der Waals surface area contributed by atoms with Gasteiger partial charge in [0.15, 0.2) is 0 Å². The van der Waals surface area contributed by atoms with Crippen LogP contribution in [-0.2, 0) is 4.79 Å². The number of hydrogen-bond donors (Lipinski definition) is 3. The van der Waals surface area contributed by atoms with E-state index in [0.29, 0.717) is 31.0 Å². The van der Waals surface area contributed by atoms with E-state index in [2.05, 4.69) is 10.6 Å². The molecule has 0 aliphatic heterocycles. The van der Waals surface area contributed by atoms with Crippen molar-refractivity contribution in [1.82, 2.24) is 0 Å². The Bertz CT molecular complexity index is 798. The average molecular weight is 410 g/mol. The smallest absolute Gasteiger partial charge is 0.255 e. The maximum Gasteiger partial charge on any atom is 0.255 e. The summed E-state index contributed by atoms with van der Waals surface area (Å²) in [6.07, 6.45) is 0.298. The molecule has 2 amide bonds. The monoisotopic (exact) mass is 409 g/mol. The van der Waals surface area contributed by atoms with Gasteiger partial charge in [-0.1, -0.05) is 13.8 Å². The summed E-state index contributed by atoms with van der Waals surface area (Å²) in [6, 6.07) is 10.7. The highest BCUT2D eigenvalue weighted by molar-refractivity contribution is 6.04. The molecule has 0 atom stereocenters. The lowest BCUT2D eigenvalue weighted by Crippen LogP contribution is -2.16. The van der Waals surface area contributed by atoms with Crippen LogP contribution in [0.5, 0.6) is 5.75 Å². The van der Waals surface area contributed by atoms with E-state index in [9.17, 15) is 14.0 Å². The van der Waals surface area contributed by atoms with Crippen LogP contribution in [0.3, 0.4) is 0 Å². The Labute approximate surface area is 170 Å². The van der Waals surface area contributed by atoms with E-state index < -0.39 is 11.7 Å². The summed E-state index contributed by atoms with van der Waals surface area (Å²) in [7, 11) is 0. The van der Waals surface area contributed by atoms with Crippen molar-refractivity contribution in [2.45, 2.75) is 20.3 Å². The number of rotatable bonds is 8. The third-order valence-corrected chi connectivity index (χ3v) is 3.60. The van der Waals surface area contributed by atoms with Crippen molar-refractivity contribution in [2.75, 3.05) is 23.8 Å². The van der Waals surface area contributed by atoms with E-state index in [1.807, 2.05) is 13.8 Å². The van der Waals surface area contributed by atoms with Gasteiger partial charge in [0.2, 0.25) is 5.91 Å². The Morgan fingerprint density at radius 2 is 1.79 bits per heavy atom. The van der Waals surface area contributed by atoms with Crippen molar-refractivity contribution < 1.29 is 18.7 Å². The number of carbonyl (C=O) groups is 2. The highest BCUT2D eigenvalue weighted by atomic mass is 35.5. The van der Waals surface area contributed by atoms with Gasteiger partial charge in [-0.05, 0) is 48.4 Å². The molecule has 0 heterocycles. The van der Waals surface area contributed by atoms with Crippen LogP contribution in [0.15, 0.2) is 42.5 Å². The van der Waals surface area contributed by atoms with Crippen molar-refractivity contribution in [3.8, 4) is 5.75 Å². The van der Waals surface area contributed by atoms with Crippen molar-refractivity contribution in [2.24, 2.45) is 11.7 Å². The third-order valence-electron chi connectivity index (χ3n) is 3.60. The summed E-state index contributed by atoms with van der Waals surface area (Å²) in [4.78, 5) is 24.0. The van der Waals surface area contributed by atoms with E-state index in [-0.39, 0.29) is 35.5 Å². The third kappa shape index (κ3) is 7.17. The number of anilines is 2. The molecule has 2 aromatic rings. The van der Waals surface area contributed by atoms with Gasteiger partial charge in [-0.15, -0.1) is 12.4 Å². The lowest BCUT2D eigenvalue weighted by atomic mass is 10.1. The fourth-order valence-corrected chi connectivity index (χ4v) is 2.34. The molecule has 0 aromatic heterocycles. The van der Waals surface area contributed by atoms with Gasteiger partial charge in [-0.25, -0.2) is 4.39 Å². The van der Waals surface area contributed by atoms with E-state index in [1.54, 1.807) is 24.3 Å². The van der Waals surface area contributed by atoms with Crippen LogP contribution in [0.2, 0.25) is 0 Å². The standard InChI is InChI=1S/C20H24FN3O3.ClH/c1-13(2)11-19(25)24-18-8-3-14(12-17(18)21)20(26)23-15-4-6-16(7-5-15)27-10-9-22;/h3-8,12-13H,9-11,22H2,1-2H3,(H,23,26)(H,24,25);1H.